The van der Waals surface area contributed by atoms with Crippen molar-refractivity contribution in [2.24, 2.45) is 5.41 Å². The van der Waals surface area contributed by atoms with Crippen molar-refractivity contribution in [3.05, 3.63) is 42.5 Å². The molecular formula is C17H27NO2. The highest BCUT2D eigenvalue weighted by Crippen LogP contribution is 2.23. The smallest absolute Gasteiger partial charge is 0.124 e. The molecule has 0 fully saturated rings. The van der Waals surface area contributed by atoms with Gasteiger partial charge < -0.3 is 15.2 Å². The fraction of sp³-hybridized carbons (Fsp3) is 0.529. The molecule has 1 rings (SSSR count). The van der Waals surface area contributed by atoms with Gasteiger partial charge in [0, 0.05) is 24.8 Å². The minimum atomic E-state index is 0.111. The van der Waals surface area contributed by atoms with Gasteiger partial charge >= 0.3 is 0 Å². The summed E-state index contributed by atoms with van der Waals surface area (Å²) in [4.78, 5) is 0. The molecule has 1 atom stereocenters. The summed E-state index contributed by atoms with van der Waals surface area (Å²) in [5, 5.41) is 12.7. The van der Waals surface area contributed by atoms with E-state index in [1.165, 1.54) is 0 Å². The zero-order valence-electron chi connectivity index (χ0n) is 12.9. The number of para-hydroxylation sites is 1. The van der Waals surface area contributed by atoms with Crippen molar-refractivity contribution in [1.29, 1.82) is 0 Å². The first-order chi connectivity index (χ1) is 9.49. The molecule has 0 amide bonds. The quantitative estimate of drug-likeness (QED) is 0.717. The normalized spacial score (nSPS) is 13.0. The zero-order chi connectivity index (χ0) is 15.0. The van der Waals surface area contributed by atoms with Gasteiger partial charge in [-0.25, -0.2) is 0 Å². The number of aliphatic hydroxyl groups excluding tert-OH is 1. The summed E-state index contributed by atoms with van der Waals surface area (Å²) in [5.74, 6) is 0.886. The Morgan fingerprint density at radius 2 is 2.05 bits per heavy atom. The van der Waals surface area contributed by atoms with Gasteiger partial charge in [0.15, 0.2) is 0 Å². The number of benzene rings is 1. The summed E-state index contributed by atoms with van der Waals surface area (Å²) < 4.78 is 5.66. The van der Waals surface area contributed by atoms with Crippen LogP contribution in [0.5, 0.6) is 5.75 Å². The molecule has 1 aromatic carbocycles. The minimum Gasteiger partial charge on any atom is -0.489 e. The predicted molar refractivity (Wildman–Crippen MR) is 83.9 cm³/mol. The molecule has 1 aromatic rings. The van der Waals surface area contributed by atoms with Crippen LogP contribution in [0.2, 0.25) is 0 Å². The van der Waals surface area contributed by atoms with E-state index >= 15 is 0 Å². The van der Waals surface area contributed by atoms with Gasteiger partial charge in [0.2, 0.25) is 0 Å². The Balaban J connectivity index is 2.69. The van der Waals surface area contributed by atoms with E-state index < -0.39 is 0 Å². The fourth-order valence-corrected chi connectivity index (χ4v) is 2.14. The second-order valence-corrected chi connectivity index (χ2v) is 6.02. The van der Waals surface area contributed by atoms with Crippen LogP contribution in [0.3, 0.4) is 0 Å². The Morgan fingerprint density at radius 3 is 2.65 bits per heavy atom. The third kappa shape index (κ3) is 5.35. The monoisotopic (exact) mass is 277 g/mol. The number of hydrogen-bond acceptors (Lipinski definition) is 3. The lowest BCUT2D eigenvalue weighted by molar-refractivity contribution is 0.196. The van der Waals surface area contributed by atoms with E-state index in [4.69, 9.17) is 4.74 Å². The summed E-state index contributed by atoms with van der Waals surface area (Å²) in [7, 11) is 0. The second-order valence-electron chi connectivity index (χ2n) is 6.02. The van der Waals surface area contributed by atoms with Crippen LogP contribution >= 0.6 is 0 Å². The van der Waals surface area contributed by atoms with Crippen molar-refractivity contribution >= 4 is 0 Å². The fourth-order valence-electron chi connectivity index (χ4n) is 2.14. The Labute approximate surface area is 122 Å². The van der Waals surface area contributed by atoms with Crippen molar-refractivity contribution in [2.75, 3.05) is 13.2 Å². The third-order valence-corrected chi connectivity index (χ3v) is 3.33. The number of rotatable bonds is 8. The molecule has 0 aliphatic heterocycles. The molecule has 1 unspecified atom stereocenters. The molecule has 0 heterocycles. The number of nitrogens with one attached hydrogen (secondary N) is 1. The summed E-state index contributed by atoms with van der Waals surface area (Å²) in [6, 6.07) is 8.27. The van der Waals surface area contributed by atoms with Crippen molar-refractivity contribution in [3.8, 4) is 5.75 Å². The molecule has 3 nitrogen and oxygen atoms in total. The van der Waals surface area contributed by atoms with Crippen molar-refractivity contribution in [1.82, 2.24) is 5.32 Å². The molecule has 0 aliphatic carbocycles. The predicted octanol–water partition coefficient (Wildman–Crippen LogP) is 3.14. The van der Waals surface area contributed by atoms with E-state index in [0.29, 0.717) is 6.61 Å². The summed E-state index contributed by atoms with van der Waals surface area (Å²) >= 11 is 0. The topological polar surface area (TPSA) is 41.5 Å². The molecule has 0 bridgehead atoms. The van der Waals surface area contributed by atoms with E-state index in [2.05, 4.69) is 38.7 Å². The maximum absolute atomic E-state index is 9.19. The Morgan fingerprint density at radius 1 is 1.35 bits per heavy atom. The SMILES string of the molecule is C=CCOc1ccccc1CNC(CCO)C(C)(C)C. The molecular weight excluding hydrogens is 250 g/mol. The Bertz CT molecular complexity index is 410. The minimum absolute atomic E-state index is 0.111. The maximum atomic E-state index is 9.19. The Kier molecular flexibility index (Phi) is 6.76. The van der Waals surface area contributed by atoms with Gasteiger partial charge in [0.05, 0.1) is 0 Å². The lowest BCUT2D eigenvalue weighted by atomic mass is 9.85. The van der Waals surface area contributed by atoms with Crippen LogP contribution in [0.1, 0.15) is 32.8 Å². The molecule has 2 N–H and O–H groups in total. The van der Waals surface area contributed by atoms with Crippen molar-refractivity contribution < 1.29 is 9.84 Å². The van der Waals surface area contributed by atoms with Gasteiger partial charge in [-0.05, 0) is 17.9 Å². The summed E-state index contributed by atoms with van der Waals surface area (Å²) in [6.45, 7) is 11.7. The molecule has 0 radical (unpaired) electrons. The van der Waals surface area contributed by atoms with Crippen molar-refractivity contribution in [2.45, 2.75) is 39.8 Å². The number of hydrogen-bond donors (Lipinski definition) is 2. The van der Waals surface area contributed by atoms with Gasteiger partial charge in [-0.1, -0.05) is 51.6 Å². The van der Waals surface area contributed by atoms with Crippen LogP contribution in [0, 0.1) is 5.41 Å². The summed E-state index contributed by atoms with van der Waals surface area (Å²) in [5.41, 5.74) is 1.24. The largest absolute Gasteiger partial charge is 0.489 e. The first-order valence-electron chi connectivity index (χ1n) is 7.15. The van der Waals surface area contributed by atoms with E-state index in [-0.39, 0.29) is 18.1 Å². The molecule has 20 heavy (non-hydrogen) atoms. The lowest BCUT2D eigenvalue weighted by Crippen LogP contribution is -2.40. The highest BCUT2D eigenvalue weighted by Gasteiger charge is 2.23. The molecule has 0 aliphatic rings. The van der Waals surface area contributed by atoms with Gasteiger partial charge in [-0.2, -0.15) is 0 Å². The highest BCUT2D eigenvalue weighted by molar-refractivity contribution is 5.33. The third-order valence-electron chi connectivity index (χ3n) is 3.33. The van der Waals surface area contributed by atoms with Crippen molar-refractivity contribution in [3.63, 3.8) is 0 Å². The van der Waals surface area contributed by atoms with E-state index in [0.717, 1.165) is 24.3 Å². The van der Waals surface area contributed by atoms with Gasteiger partial charge in [-0.3, -0.25) is 0 Å². The summed E-state index contributed by atoms with van der Waals surface area (Å²) in [6.07, 6.45) is 2.49. The van der Waals surface area contributed by atoms with Gasteiger partial charge in [0.1, 0.15) is 12.4 Å². The zero-order valence-corrected chi connectivity index (χ0v) is 12.9. The molecule has 112 valence electrons. The van der Waals surface area contributed by atoms with Crippen LogP contribution < -0.4 is 10.1 Å². The van der Waals surface area contributed by atoms with Gasteiger partial charge in [0.25, 0.3) is 0 Å². The van der Waals surface area contributed by atoms with Crippen LogP contribution in [-0.4, -0.2) is 24.4 Å². The van der Waals surface area contributed by atoms with Crippen LogP contribution in [0.4, 0.5) is 0 Å². The van der Waals surface area contributed by atoms with E-state index in [9.17, 15) is 5.11 Å². The average Bonchev–Trinajstić information content (AvgIpc) is 2.40. The highest BCUT2D eigenvalue weighted by atomic mass is 16.5. The first-order valence-corrected chi connectivity index (χ1v) is 7.15. The molecule has 0 saturated heterocycles. The average molecular weight is 277 g/mol. The van der Waals surface area contributed by atoms with Gasteiger partial charge in [-0.15, -0.1) is 0 Å². The standard InChI is InChI=1S/C17H27NO2/c1-5-12-20-15-9-7-6-8-14(15)13-18-16(10-11-19)17(2,3)4/h5-9,16,18-19H,1,10-13H2,2-4H3. The molecule has 0 aromatic heterocycles. The maximum Gasteiger partial charge on any atom is 0.124 e. The lowest BCUT2D eigenvalue weighted by Gasteiger charge is -2.31. The molecule has 0 spiro atoms. The second kappa shape index (κ2) is 8.08. The molecule has 0 saturated carbocycles. The van der Waals surface area contributed by atoms with E-state index in [1.54, 1.807) is 6.08 Å². The molecule has 3 heteroatoms. The van der Waals surface area contributed by atoms with Crippen LogP contribution in [0.25, 0.3) is 0 Å². The first kappa shape index (κ1) is 16.7. The Hall–Kier alpha value is -1.32. The van der Waals surface area contributed by atoms with Crippen LogP contribution in [-0.2, 0) is 6.54 Å². The number of aliphatic hydroxyl groups is 1. The van der Waals surface area contributed by atoms with Crippen LogP contribution in [0.15, 0.2) is 36.9 Å². The number of ether oxygens (including phenoxy) is 1. The van der Waals surface area contributed by atoms with E-state index in [1.807, 2.05) is 18.2 Å².